The van der Waals surface area contributed by atoms with E-state index in [1.165, 1.54) is 0 Å². The minimum atomic E-state index is -1.23. The van der Waals surface area contributed by atoms with Crippen molar-refractivity contribution >= 4 is 5.97 Å². The molecule has 36 valence electrons. The van der Waals surface area contributed by atoms with Crippen molar-refractivity contribution in [1.82, 2.24) is 6.15 Å². The summed E-state index contributed by atoms with van der Waals surface area (Å²) in [6.45, 7) is 2.90. The normalized spacial score (nSPS) is 4.57. The smallest absolute Gasteiger partial charge is 0.545 e. The monoisotopic (exact) mass is 111 g/mol. The van der Waals surface area contributed by atoms with Crippen LogP contribution in [0.1, 0.15) is 0 Å². The van der Waals surface area contributed by atoms with Gasteiger partial charge in [0.05, 0.1) is 5.97 Å². The predicted octanol–water partition coefficient (Wildman–Crippen LogP) is -3.91. The summed E-state index contributed by atoms with van der Waals surface area (Å²) < 4.78 is 0. The van der Waals surface area contributed by atoms with E-state index < -0.39 is 5.97 Å². The third-order valence-electron chi connectivity index (χ3n) is 0.167. The molecule has 0 saturated heterocycles. The molecule has 7 heavy (non-hydrogen) atoms. The maximum absolute atomic E-state index is 9.14. The molecule has 0 saturated carbocycles. The van der Waals surface area contributed by atoms with Gasteiger partial charge in [0, 0.05) is 0 Å². The van der Waals surface area contributed by atoms with Crippen LogP contribution in [-0.4, -0.2) is 5.97 Å². The van der Waals surface area contributed by atoms with Crippen molar-refractivity contribution in [3.05, 3.63) is 12.7 Å². The number of hydrogen-bond donors (Lipinski definition) is 1. The number of rotatable bonds is 1. The molecule has 0 aliphatic carbocycles. The molecule has 0 atom stereocenters. The molecule has 3 N–H and O–H groups in total. The van der Waals surface area contributed by atoms with E-state index in [1.807, 2.05) is 0 Å². The van der Waals surface area contributed by atoms with E-state index in [0.717, 1.165) is 6.08 Å². The van der Waals surface area contributed by atoms with Gasteiger partial charge in [-0.25, -0.2) is 0 Å². The summed E-state index contributed by atoms with van der Waals surface area (Å²) in [4.78, 5) is 9.14. The summed E-state index contributed by atoms with van der Waals surface area (Å²) in [6, 6.07) is 0. The Bertz CT molecular complexity index is 64.0. The molecular weight excluding hydrogens is 105 g/mol. The molecule has 0 aromatic heterocycles. The van der Waals surface area contributed by atoms with Crippen molar-refractivity contribution in [3.8, 4) is 0 Å². The van der Waals surface area contributed by atoms with Gasteiger partial charge in [-0.05, 0) is 6.08 Å². The van der Waals surface area contributed by atoms with E-state index in [1.54, 1.807) is 0 Å². The molecule has 0 unspecified atom stereocenters. The van der Waals surface area contributed by atoms with Gasteiger partial charge in [-0.1, -0.05) is 6.58 Å². The third-order valence-corrected chi connectivity index (χ3v) is 0.167. The molecule has 3 nitrogen and oxygen atoms in total. The van der Waals surface area contributed by atoms with Crippen molar-refractivity contribution < 1.29 is 39.5 Å². The Morgan fingerprint density at radius 2 is 1.86 bits per heavy atom. The average molecular weight is 111 g/mol. The molecule has 0 bridgehead atoms. The van der Waals surface area contributed by atoms with E-state index in [9.17, 15) is 0 Å². The van der Waals surface area contributed by atoms with Gasteiger partial charge in [-0.3, -0.25) is 0 Å². The summed E-state index contributed by atoms with van der Waals surface area (Å²) in [6.07, 6.45) is 0.722. The Kier molecular flexibility index (Phi) is 21.3. The quantitative estimate of drug-likeness (QED) is 0.277. The van der Waals surface area contributed by atoms with Crippen LogP contribution < -0.4 is 40.8 Å². The number of carbonyl (C=O) groups is 1. The second-order valence-corrected chi connectivity index (χ2v) is 0.523. The van der Waals surface area contributed by atoms with Crippen LogP contribution in [0.2, 0.25) is 0 Å². The maximum atomic E-state index is 9.14. The summed E-state index contributed by atoms with van der Waals surface area (Å²) in [5.74, 6) is -1.23. The van der Waals surface area contributed by atoms with E-state index in [2.05, 4.69) is 6.58 Å². The first-order valence-corrected chi connectivity index (χ1v) is 1.11. The molecule has 4 heteroatoms. The molecule has 0 rings (SSSR count). The van der Waals surface area contributed by atoms with Gasteiger partial charge in [0.2, 0.25) is 0 Å². The topological polar surface area (TPSA) is 75.1 Å². The van der Waals surface area contributed by atoms with Crippen molar-refractivity contribution in [2.75, 3.05) is 0 Å². The van der Waals surface area contributed by atoms with Crippen molar-refractivity contribution in [2.45, 2.75) is 0 Å². The summed E-state index contributed by atoms with van der Waals surface area (Å²) in [7, 11) is 0. The number of carbonyl (C=O) groups excluding carboxylic acids is 1. The number of carboxylic acids is 1. The van der Waals surface area contributed by atoms with Crippen molar-refractivity contribution in [3.63, 3.8) is 0 Å². The standard InChI is InChI=1S/C3H4O2.H3N.Na/c1-2-3(4)5;;/h2H,1H2,(H,4,5);1H3;/q;;+1/p-1. The first-order valence-electron chi connectivity index (χ1n) is 1.11. The Balaban J connectivity index is -0.0000000800. The minimum Gasteiger partial charge on any atom is -0.545 e. The van der Waals surface area contributed by atoms with E-state index in [-0.39, 0.29) is 35.7 Å². The largest absolute Gasteiger partial charge is 1.00 e. The zero-order chi connectivity index (χ0) is 4.28. The summed E-state index contributed by atoms with van der Waals surface area (Å²) >= 11 is 0. The molecule has 0 fully saturated rings. The van der Waals surface area contributed by atoms with E-state index in [0.29, 0.717) is 0 Å². The van der Waals surface area contributed by atoms with Gasteiger partial charge in [-0.15, -0.1) is 0 Å². The molecule has 0 aliphatic rings. The third kappa shape index (κ3) is 22.8. The molecule has 0 amide bonds. The second kappa shape index (κ2) is 9.48. The van der Waals surface area contributed by atoms with E-state index in [4.69, 9.17) is 9.90 Å². The zero-order valence-corrected chi connectivity index (χ0v) is 6.31. The van der Waals surface area contributed by atoms with Crippen molar-refractivity contribution in [1.29, 1.82) is 0 Å². The summed E-state index contributed by atoms with van der Waals surface area (Å²) in [5, 5.41) is 9.14. The zero-order valence-electron chi connectivity index (χ0n) is 4.31. The molecule has 0 aromatic rings. The fraction of sp³-hybridized carbons (Fsp3) is 0. The average Bonchev–Trinajstić information content (AvgIpc) is 1.38. The molecule has 0 spiro atoms. The fourth-order valence-electron chi connectivity index (χ4n) is 0. The van der Waals surface area contributed by atoms with Gasteiger partial charge in [0.15, 0.2) is 0 Å². The van der Waals surface area contributed by atoms with E-state index >= 15 is 0 Å². The number of aliphatic carboxylic acids is 1. The minimum absolute atomic E-state index is 0. The first-order chi connectivity index (χ1) is 2.27. The van der Waals surface area contributed by atoms with Gasteiger partial charge >= 0.3 is 29.6 Å². The van der Waals surface area contributed by atoms with Crippen LogP contribution in [0.25, 0.3) is 0 Å². The Morgan fingerprint density at radius 1 is 1.71 bits per heavy atom. The Morgan fingerprint density at radius 3 is 1.86 bits per heavy atom. The Hall–Kier alpha value is 0.170. The van der Waals surface area contributed by atoms with Crippen LogP contribution in [-0.2, 0) is 4.79 Å². The van der Waals surface area contributed by atoms with Crippen LogP contribution >= 0.6 is 0 Å². The van der Waals surface area contributed by atoms with Gasteiger partial charge in [-0.2, -0.15) is 0 Å². The van der Waals surface area contributed by atoms with Crippen LogP contribution in [0.5, 0.6) is 0 Å². The molecular formula is C3H6NNaO2. The maximum Gasteiger partial charge on any atom is 1.00 e. The van der Waals surface area contributed by atoms with Crippen LogP contribution in [0.4, 0.5) is 0 Å². The number of hydrogen-bond acceptors (Lipinski definition) is 3. The van der Waals surface area contributed by atoms with Crippen LogP contribution in [0.15, 0.2) is 12.7 Å². The predicted molar refractivity (Wildman–Crippen MR) is 20.2 cm³/mol. The molecule has 0 radical (unpaired) electrons. The molecule has 0 aromatic carbocycles. The summed E-state index contributed by atoms with van der Waals surface area (Å²) in [5.41, 5.74) is 0. The Labute approximate surface area is 64.3 Å². The SMILES string of the molecule is C=CC(=O)[O-].N.[Na+]. The van der Waals surface area contributed by atoms with Crippen molar-refractivity contribution in [2.24, 2.45) is 0 Å². The van der Waals surface area contributed by atoms with Gasteiger partial charge in [0.25, 0.3) is 0 Å². The number of carboxylic acid groups (broad SMARTS) is 1. The molecule has 0 aliphatic heterocycles. The van der Waals surface area contributed by atoms with Gasteiger partial charge in [0.1, 0.15) is 0 Å². The van der Waals surface area contributed by atoms with Crippen LogP contribution in [0, 0.1) is 0 Å². The molecule has 0 heterocycles. The first kappa shape index (κ1) is 15.7. The second-order valence-electron chi connectivity index (χ2n) is 0.523. The fourth-order valence-corrected chi connectivity index (χ4v) is 0. The van der Waals surface area contributed by atoms with Crippen LogP contribution in [0.3, 0.4) is 0 Å². The van der Waals surface area contributed by atoms with Gasteiger partial charge < -0.3 is 16.1 Å².